The van der Waals surface area contributed by atoms with Gasteiger partial charge in [0.15, 0.2) is 0 Å². The molecule has 0 saturated heterocycles. The average Bonchev–Trinajstić information content (AvgIpc) is 2.84. The fraction of sp³-hybridized carbons (Fsp3) is 0.550. The molecule has 0 aliphatic heterocycles. The van der Waals surface area contributed by atoms with Gasteiger partial charge in [-0.2, -0.15) is 0 Å². The second kappa shape index (κ2) is 11.5. The van der Waals surface area contributed by atoms with Crippen molar-refractivity contribution in [3.8, 4) is 17.2 Å². The minimum atomic E-state index is -0.505. The SMILES string of the molecule is CCc1cc(C(c2cc(CC)cc(C(C)(C)C)c2O)c2c(C)cc(C(C)(C)C)c(O)c2C(C)(C)C)c(O)c(C(C)(C)C)c1. The molecule has 0 aliphatic rings. The maximum absolute atomic E-state index is 12.2. The average molecular weight is 587 g/mol. The number of phenols is 3. The smallest absolute Gasteiger partial charge is 0.123 e. The number of hydrogen-bond donors (Lipinski definition) is 3. The van der Waals surface area contributed by atoms with E-state index in [1.807, 2.05) is 0 Å². The highest BCUT2D eigenvalue weighted by Crippen LogP contribution is 2.53. The van der Waals surface area contributed by atoms with Gasteiger partial charge in [-0.05, 0) is 80.4 Å². The van der Waals surface area contributed by atoms with Crippen molar-refractivity contribution in [1.82, 2.24) is 0 Å². The zero-order chi connectivity index (χ0) is 33.0. The van der Waals surface area contributed by atoms with E-state index in [4.69, 9.17) is 0 Å². The summed E-state index contributed by atoms with van der Waals surface area (Å²) in [5, 5.41) is 36.4. The van der Waals surface area contributed by atoms with Crippen molar-refractivity contribution >= 4 is 0 Å². The summed E-state index contributed by atoms with van der Waals surface area (Å²) in [6, 6.07) is 10.6. The van der Waals surface area contributed by atoms with Gasteiger partial charge in [0.1, 0.15) is 17.2 Å². The van der Waals surface area contributed by atoms with E-state index in [1.54, 1.807) is 0 Å². The lowest BCUT2D eigenvalue weighted by Crippen LogP contribution is -2.23. The molecule has 3 aromatic carbocycles. The van der Waals surface area contributed by atoms with Crippen molar-refractivity contribution in [3.05, 3.63) is 86.0 Å². The standard InChI is InChI=1S/C40H58O3/c1-16-24-19-26(34(41)29(21-24)38(7,8)9)32(27-20-25(17-2)22-30(35(27)42)39(10,11)12)31-23(3)18-28(37(4,5)6)36(43)33(31)40(13,14)15/h18-22,32,41-43H,16-17H2,1-15H3. The molecule has 0 heterocycles. The summed E-state index contributed by atoms with van der Waals surface area (Å²) in [4.78, 5) is 0. The lowest BCUT2D eigenvalue weighted by Gasteiger charge is -2.36. The van der Waals surface area contributed by atoms with Crippen molar-refractivity contribution in [2.75, 3.05) is 0 Å². The zero-order valence-electron chi connectivity index (χ0n) is 29.7. The molecule has 3 heteroatoms. The molecule has 236 valence electrons. The van der Waals surface area contributed by atoms with Crippen LogP contribution in [-0.2, 0) is 34.5 Å². The molecule has 3 nitrogen and oxygen atoms in total. The number of aryl methyl sites for hydroxylation is 3. The van der Waals surface area contributed by atoms with E-state index >= 15 is 0 Å². The predicted molar refractivity (Wildman–Crippen MR) is 184 cm³/mol. The Labute approximate surface area is 262 Å². The van der Waals surface area contributed by atoms with Crippen molar-refractivity contribution in [2.24, 2.45) is 0 Å². The van der Waals surface area contributed by atoms with Gasteiger partial charge in [0.2, 0.25) is 0 Å². The first-order valence-electron chi connectivity index (χ1n) is 16.0. The number of hydrogen-bond acceptors (Lipinski definition) is 3. The van der Waals surface area contributed by atoms with Gasteiger partial charge < -0.3 is 15.3 Å². The minimum Gasteiger partial charge on any atom is -0.507 e. The Bertz CT molecular complexity index is 1420. The Morgan fingerprint density at radius 3 is 1.16 bits per heavy atom. The molecule has 0 aliphatic carbocycles. The summed E-state index contributed by atoms with van der Waals surface area (Å²) < 4.78 is 0. The van der Waals surface area contributed by atoms with Crippen LogP contribution < -0.4 is 0 Å². The van der Waals surface area contributed by atoms with Crippen LogP contribution in [0.3, 0.4) is 0 Å². The van der Waals surface area contributed by atoms with Gasteiger partial charge in [0.05, 0.1) is 0 Å². The number of rotatable bonds is 5. The van der Waals surface area contributed by atoms with Gasteiger partial charge in [-0.1, -0.05) is 127 Å². The molecule has 43 heavy (non-hydrogen) atoms. The van der Waals surface area contributed by atoms with Crippen LogP contribution in [0.5, 0.6) is 17.2 Å². The van der Waals surface area contributed by atoms with E-state index in [0.717, 1.165) is 68.5 Å². The normalized spacial score (nSPS) is 13.2. The highest BCUT2D eigenvalue weighted by atomic mass is 16.3. The highest BCUT2D eigenvalue weighted by molar-refractivity contribution is 5.66. The third-order valence-electron chi connectivity index (χ3n) is 8.85. The van der Waals surface area contributed by atoms with Crippen LogP contribution in [0.4, 0.5) is 0 Å². The van der Waals surface area contributed by atoms with Crippen molar-refractivity contribution in [3.63, 3.8) is 0 Å². The second-order valence-corrected chi connectivity index (χ2v) is 16.7. The molecule has 0 amide bonds. The third-order valence-corrected chi connectivity index (χ3v) is 8.85. The minimum absolute atomic E-state index is 0.256. The molecule has 3 aromatic rings. The molecule has 0 unspecified atom stereocenters. The van der Waals surface area contributed by atoms with Gasteiger partial charge >= 0.3 is 0 Å². The molecule has 0 saturated carbocycles. The molecule has 3 rings (SSSR count). The largest absolute Gasteiger partial charge is 0.507 e. The van der Waals surface area contributed by atoms with Gasteiger partial charge in [0.25, 0.3) is 0 Å². The Morgan fingerprint density at radius 1 is 0.512 bits per heavy atom. The fourth-order valence-corrected chi connectivity index (χ4v) is 6.43. The van der Waals surface area contributed by atoms with E-state index in [2.05, 4.69) is 134 Å². The van der Waals surface area contributed by atoms with E-state index < -0.39 is 11.3 Å². The summed E-state index contributed by atoms with van der Waals surface area (Å²) in [6.07, 6.45) is 1.63. The lowest BCUT2D eigenvalue weighted by molar-refractivity contribution is 0.416. The molecule has 3 N–H and O–H groups in total. The topological polar surface area (TPSA) is 60.7 Å². The first-order chi connectivity index (χ1) is 19.4. The van der Waals surface area contributed by atoms with Gasteiger partial charge in [-0.3, -0.25) is 0 Å². The maximum Gasteiger partial charge on any atom is 0.123 e. The van der Waals surface area contributed by atoms with E-state index in [1.165, 1.54) is 0 Å². The molecular weight excluding hydrogens is 528 g/mol. The lowest BCUT2D eigenvalue weighted by atomic mass is 9.69. The van der Waals surface area contributed by atoms with Crippen LogP contribution in [0.25, 0.3) is 0 Å². The van der Waals surface area contributed by atoms with Crippen LogP contribution in [0, 0.1) is 6.92 Å². The van der Waals surface area contributed by atoms with Gasteiger partial charge in [-0.15, -0.1) is 0 Å². The zero-order valence-corrected chi connectivity index (χ0v) is 29.7. The van der Waals surface area contributed by atoms with Crippen LogP contribution in [0.1, 0.15) is 158 Å². The second-order valence-electron chi connectivity index (χ2n) is 16.7. The Balaban J connectivity index is 2.73. The third kappa shape index (κ3) is 6.76. The Hall–Kier alpha value is -2.94. The highest BCUT2D eigenvalue weighted by Gasteiger charge is 2.37. The van der Waals surface area contributed by atoms with Crippen molar-refractivity contribution in [1.29, 1.82) is 0 Å². The maximum atomic E-state index is 12.2. The van der Waals surface area contributed by atoms with E-state index in [-0.39, 0.29) is 27.7 Å². The molecular formula is C40H58O3. The van der Waals surface area contributed by atoms with Gasteiger partial charge in [0, 0.05) is 22.6 Å². The molecule has 0 fully saturated rings. The molecule has 0 spiro atoms. The fourth-order valence-electron chi connectivity index (χ4n) is 6.43. The number of phenolic OH excluding ortho intramolecular Hbond substituents is 3. The molecule has 0 aromatic heterocycles. The van der Waals surface area contributed by atoms with Crippen molar-refractivity contribution in [2.45, 2.75) is 144 Å². The molecule has 0 radical (unpaired) electrons. The predicted octanol–water partition coefficient (Wildman–Crippen LogP) is 10.6. The monoisotopic (exact) mass is 586 g/mol. The first kappa shape index (κ1) is 34.5. The summed E-state index contributed by atoms with van der Waals surface area (Å²) in [5.41, 5.74) is 8.06. The van der Waals surface area contributed by atoms with Crippen LogP contribution in [-0.4, -0.2) is 15.3 Å². The number of benzene rings is 3. The Morgan fingerprint density at radius 2 is 0.860 bits per heavy atom. The van der Waals surface area contributed by atoms with Crippen LogP contribution >= 0.6 is 0 Å². The van der Waals surface area contributed by atoms with E-state index in [9.17, 15) is 15.3 Å². The van der Waals surface area contributed by atoms with Crippen LogP contribution in [0.2, 0.25) is 0 Å². The van der Waals surface area contributed by atoms with Crippen molar-refractivity contribution < 1.29 is 15.3 Å². The summed E-state index contributed by atoms with van der Waals surface area (Å²) >= 11 is 0. The molecule has 0 atom stereocenters. The summed E-state index contributed by atoms with van der Waals surface area (Å²) in [7, 11) is 0. The quantitative estimate of drug-likeness (QED) is 0.261. The Kier molecular flexibility index (Phi) is 9.26. The first-order valence-corrected chi connectivity index (χ1v) is 16.0. The summed E-state index contributed by atoms with van der Waals surface area (Å²) in [5.74, 6) is 0.309. The molecule has 0 bridgehead atoms. The summed E-state index contributed by atoms with van der Waals surface area (Å²) in [6.45, 7) is 32.0. The number of aromatic hydroxyl groups is 3. The van der Waals surface area contributed by atoms with E-state index in [0.29, 0.717) is 5.75 Å². The van der Waals surface area contributed by atoms with Gasteiger partial charge in [-0.25, -0.2) is 0 Å². The van der Waals surface area contributed by atoms with Crippen LogP contribution in [0.15, 0.2) is 30.3 Å².